The lowest BCUT2D eigenvalue weighted by molar-refractivity contribution is -0.119. The van der Waals surface area contributed by atoms with Crippen LogP contribution in [0.1, 0.15) is 0 Å². The Balaban J connectivity index is 1.78. The Morgan fingerprint density at radius 1 is 1.30 bits per heavy atom. The molecule has 0 aliphatic heterocycles. The molecule has 3 aromatic rings. The minimum atomic E-state index is -0.523. The van der Waals surface area contributed by atoms with E-state index in [1.165, 1.54) is 11.3 Å². The normalized spacial score (nSPS) is 10.7. The van der Waals surface area contributed by atoms with Gasteiger partial charge >= 0.3 is 0 Å². The highest BCUT2D eigenvalue weighted by atomic mass is 79.9. The third kappa shape index (κ3) is 3.80. The number of rotatable bonds is 5. The predicted molar refractivity (Wildman–Crippen MR) is 93.1 cm³/mol. The number of carbonyl (C=O) groups is 1. The van der Waals surface area contributed by atoms with E-state index in [2.05, 4.69) is 42.0 Å². The van der Waals surface area contributed by atoms with Crippen molar-refractivity contribution in [3.05, 3.63) is 38.6 Å². The molecule has 2 aromatic heterocycles. The molecule has 0 spiro atoms. The highest BCUT2D eigenvalue weighted by Crippen LogP contribution is 2.38. The second-order valence-corrected chi connectivity index (χ2v) is 7.66. The zero-order valence-corrected chi connectivity index (χ0v) is 15.4. The van der Waals surface area contributed by atoms with E-state index in [0.29, 0.717) is 17.5 Å². The number of benzene rings is 1. The van der Waals surface area contributed by atoms with E-state index in [0.717, 1.165) is 18.7 Å². The zero-order valence-electron chi connectivity index (χ0n) is 11.5. The summed E-state index contributed by atoms with van der Waals surface area (Å²) in [6.45, 7) is -0.159. The predicted octanol–water partition coefficient (Wildman–Crippen LogP) is 3.85. The summed E-state index contributed by atoms with van der Waals surface area (Å²) in [6, 6.07) is 8.91. The van der Waals surface area contributed by atoms with Crippen LogP contribution in [0, 0.1) is 0 Å². The number of thiophene rings is 1. The summed E-state index contributed by atoms with van der Waals surface area (Å²) in [5.74, 6) is 0.945. The molecule has 1 aromatic carbocycles. The van der Waals surface area contributed by atoms with E-state index in [-0.39, 0.29) is 6.61 Å². The van der Waals surface area contributed by atoms with Gasteiger partial charge in [-0.15, -0.1) is 11.3 Å². The van der Waals surface area contributed by atoms with Crippen molar-refractivity contribution in [3.8, 4) is 27.9 Å². The molecule has 0 unspecified atom stereocenters. The van der Waals surface area contributed by atoms with E-state index < -0.39 is 5.91 Å². The first-order valence-electron chi connectivity index (χ1n) is 6.33. The van der Waals surface area contributed by atoms with Gasteiger partial charge in [-0.1, -0.05) is 5.16 Å². The van der Waals surface area contributed by atoms with Gasteiger partial charge in [-0.3, -0.25) is 4.79 Å². The lowest BCUT2D eigenvalue weighted by Crippen LogP contribution is -2.19. The summed E-state index contributed by atoms with van der Waals surface area (Å²) in [5.41, 5.74) is 5.81. The summed E-state index contributed by atoms with van der Waals surface area (Å²) in [4.78, 5) is 15.9. The van der Waals surface area contributed by atoms with Crippen LogP contribution in [-0.4, -0.2) is 22.7 Å². The van der Waals surface area contributed by atoms with Crippen molar-refractivity contribution in [2.45, 2.75) is 0 Å². The van der Waals surface area contributed by atoms with Crippen LogP contribution in [0.15, 0.2) is 43.1 Å². The first-order valence-corrected chi connectivity index (χ1v) is 8.73. The molecule has 23 heavy (non-hydrogen) atoms. The average molecular weight is 459 g/mol. The first kappa shape index (κ1) is 16.2. The molecule has 1 amide bonds. The summed E-state index contributed by atoms with van der Waals surface area (Å²) in [6.07, 6.45) is 0. The third-order valence-corrected chi connectivity index (χ3v) is 6.02. The maximum atomic E-state index is 10.7. The molecule has 3 rings (SSSR count). The summed E-state index contributed by atoms with van der Waals surface area (Å²) in [5, 5.41) is 3.98. The van der Waals surface area contributed by atoms with Gasteiger partial charge in [0.05, 0.1) is 8.66 Å². The Hall–Kier alpha value is -1.71. The van der Waals surface area contributed by atoms with Crippen LogP contribution in [0.5, 0.6) is 5.75 Å². The fraction of sp³-hybridized carbons (Fsp3) is 0.0714. The van der Waals surface area contributed by atoms with Crippen LogP contribution < -0.4 is 10.5 Å². The molecule has 0 atom stereocenters. The molecule has 0 aliphatic carbocycles. The highest BCUT2D eigenvalue weighted by molar-refractivity contribution is 9.13. The molecule has 2 heterocycles. The molecule has 0 bridgehead atoms. The lowest BCUT2D eigenvalue weighted by atomic mass is 10.2. The van der Waals surface area contributed by atoms with Crippen LogP contribution in [0.25, 0.3) is 22.2 Å². The molecule has 0 saturated heterocycles. The smallest absolute Gasteiger partial charge is 0.268 e. The van der Waals surface area contributed by atoms with Gasteiger partial charge in [0.15, 0.2) is 6.61 Å². The Kier molecular flexibility index (Phi) is 4.79. The Bertz CT molecular complexity index is 826. The van der Waals surface area contributed by atoms with E-state index >= 15 is 0 Å². The molecule has 2 N–H and O–H groups in total. The Morgan fingerprint density at radius 2 is 2.04 bits per heavy atom. The quantitative estimate of drug-likeness (QED) is 0.626. The van der Waals surface area contributed by atoms with Crippen molar-refractivity contribution in [1.29, 1.82) is 0 Å². The van der Waals surface area contributed by atoms with Crippen molar-refractivity contribution in [2.75, 3.05) is 6.61 Å². The zero-order chi connectivity index (χ0) is 16.4. The molecule has 0 saturated carbocycles. The molecule has 6 nitrogen and oxygen atoms in total. The largest absolute Gasteiger partial charge is 0.484 e. The number of nitrogens with two attached hydrogens (primary N) is 1. The maximum absolute atomic E-state index is 10.7. The summed E-state index contributed by atoms with van der Waals surface area (Å²) in [7, 11) is 0. The van der Waals surface area contributed by atoms with Crippen molar-refractivity contribution in [2.24, 2.45) is 5.73 Å². The molecule has 118 valence electrons. The van der Waals surface area contributed by atoms with Crippen LogP contribution >= 0.6 is 43.2 Å². The van der Waals surface area contributed by atoms with Crippen LogP contribution in [0.4, 0.5) is 0 Å². The molecular weight excluding hydrogens is 450 g/mol. The monoisotopic (exact) mass is 457 g/mol. The minimum Gasteiger partial charge on any atom is -0.484 e. The van der Waals surface area contributed by atoms with E-state index in [1.807, 2.05) is 6.07 Å². The Morgan fingerprint density at radius 3 is 2.65 bits per heavy atom. The minimum absolute atomic E-state index is 0.159. The number of carbonyl (C=O) groups excluding carboxylic acids is 1. The number of aromatic nitrogens is 2. The average Bonchev–Trinajstić information content (AvgIpc) is 3.13. The van der Waals surface area contributed by atoms with E-state index in [9.17, 15) is 4.79 Å². The van der Waals surface area contributed by atoms with Gasteiger partial charge < -0.3 is 15.0 Å². The van der Waals surface area contributed by atoms with Crippen molar-refractivity contribution < 1.29 is 14.1 Å². The van der Waals surface area contributed by atoms with Gasteiger partial charge in [0.2, 0.25) is 5.82 Å². The number of ether oxygens (including phenoxy) is 1. The number of hydrogen-bond acceptors (Lipinski definition) is 6. The standard InChI is InChI=1S/C14H9Br2N3O3S/c15-9-5-10(23-12(9)16)14-18-13(19-22-14)7-1-3-8(4-2-7)21-6-11(17)20/h1-5H,6H2,(H2,17,20). The van der Waals surface area contributed by atoms with Crippen LogP contribution in [0.2, 0.25) is 0 Å². The number of primary amides is 1. The third-order valence-electron chi connectivity index (χ3n) is 2.78. The molecule has 0 aliphatic rings. The first-order chi connectivity index (χ1) is 11.0. The van der Waals surface area contributed by atoms with Crippen LogP contribution in [-0.2, 0) is 4.79 Å². The second kappa shape index (κ2) is 6.81. The van der Waals surface area contributed by atoms with Gasteiger partial charge in [0.25, 0.3) is 11.8 Å². The second-order valence-electron chi connectivity index (χ2n) is 4.43. The molecular formula is C14H9Br2N3O3S. The maximum Gasteiger partial charge on any atom is 0.268 e. The van der Waals surface area contributed by atoms with E-state index in [1.54, 1.807) is 24.3 Å². The van der Waals surface area contributed by atoms with Crippen molar-refractivity contribution in [1.82, 2.24) is 10.1 Å². The number of nitrogens with zero attached hydrogens (tertiary/aromatic N) is 2. The fourth-order valence-corrected chi connectivity index (χ4v) is 3.70. The lowest BCUT2D eigenvalue weighted by Gasteiger charge is -2.03. The topological polar surface area (TPSA) is 91.2 Å². The SMILES string of the molecule is NC(=O)COc1ccc(-c2noc(-c3cc(Br)c(Br)s3)n2)cc1. The number of hydrogen-bond donors (Lipinski definition) is 1. The van der Waals surface area contributed by atoms with Gasteiger partial charge in [-0.25, -0.2) is 0 Å². The van der Waals surface area contributed by atoms with Gasteiger partial charge in [0, 0.05) is 10.0 Å². The summed E-state index contributed by atoms with van der Waals surface area (Å²) >= 11 is 8.36. The van der Waals surface area contributed by atoms with Crippen molar-refractivity contribution in [3.63, 3.8) is 0 Å². The van der Waals surface area contributed by atoms with Gasteiger partial charge in [0.1, 0.15) is 5.75 Å². The molecule has 9 heteroatoms. The fourth-order valence-electron chi connectivity index (χ4n) is 1.75. The number of amides is 1. The van der Waals surface area contributed by atoms with Gasteiger partial charge in [-0.2, -0.15) is 4.98 Å². The highest BCUT2D eigenvalue weighted by Gasteiger charge is 2.14. The summed E-state index contributed by atoms with van der Waals surface area (Å²) < 4.78 is 12.4. The van der Waals surface area contributed by atoms with Crippen LogP contribution in [0.3, 0.4) is 0 Å². The number of halogens is 2. The Labute approximate surface area is 151 Å². The van der Waals surface area contributed by atoms with Gasteiger partial charge in [-0.05, 0) is 62.2 Å². The molecule has 0 fully saturated rings. The van der Waals surface area contributed by atoms with Crippen molar-refractivity contribution >= 4 is 49.1 Å². The molecule has 0 radical (unpaired) electrons. The van der Waals surface area contributed by atoms with E-state index in [4.69, 9.17) is 15.0 Å².